The zero-order valence-corrected chi connectivity index (χ0v) is 19.8. The number of aromatic nitrogens is 1. The lowest BCUT2D eigenvalue weighted by Crippen LogP contribution is -2.61. The highest BCUT2D eigenvalue weighted by Crippen LogP contribution is 2.46. The van der Waals surface area contributed by atoms with Crippen LogP contribution in [-0.2, 0) is 12.2 Å². The number of benzene rings is 2. The number of hydrogen-bond donors (Lipinski definition) is 2. The first-order valence-electron chi connectivity index (χ1n) is 10.4. The summed E-state index contributed by atoms with van der Waals surface area (Å²) in [6.07, 6.45) is 0.816. The van der Waals surface area contributed by atoms with Crippen LogP contribution in [-0.4, -0.2) is 39.5 Å². The van der Waals surface area contributed by atoms with Crippen molar-refractivity contribution in [1.29, 1.82) is 0 Å². The molecule has 0 radical (unpaired) electrons. The van der Waals surface area contributed by atoms with Crippen LogP contribution in [0.2, 0.25) is 15.1 Å². The molecule has 1 aliphatic heterocycles. The molecule has 1 amide bonds. The number of aliphatic hydroxyl groups is 1. The summed E-state index contributed by atoms with van der Waals surface area (Å²) >= 11 is 18.9. The van der Waals surface area contributed by atoms with Crippen LogP contribution >= 0.6 is 34.8 Å². The molecule has 2 aliphatic rings. The van der Waals surface area contributed by atoms with E-state index >= 15 is 0 Å². The highest BCUT2D eigenvalue weighted by molar-refractivity contribution is 6.39. The number of β-amino-alcohol motifs (C(OH)–C–C–N with tert-alkyl or cyclic N) is 1. The van der Waals surface area contributed by atoms with Gasteiger partial charge in [-0.2, -0.15) is 0 Å². The number of nitrogens with zero attached hydrogens (tertiary/aromatic N) is 2. The maximum atomic E-state index is 13.7. The molecule has 1 saturated heterocycles. The van der Waals surface area contributed by atoms with Crippen molar-refractivity contribution >= 4 is 40.9 Å². The molecule has 0 atom stereocenters. The third-order valence-corrected chi connectivity index (χ3v) is 6.92. The fourth-order valence-electron chi connectivity index (χ4n) is 4.10. The molecule has 0 spiro atoms. The van der Waals surface area contributed by atoms with Crippen LogP contribution in [0.15, 0.2) is 34.9 Å². The van der Waals surface area contributed by atoms with Crippen molar-refractivity contribution < 1.29 is 28.7 Å². The molecule has 3 aromatic rings. The minimum absolute atomic E-state index is 0.0593. The monoisotopic (exact) mass is 526 g/mol. The molecule has 1 aliphatic carbocycles. The van der Waals surface area contributed by atoms with E-state index < -0.39 is 17.5 Å². The first-order valence-corrected chi connectivity index (χ1v) is 11.6. The smallest absolute Gasteiger partial charge is 0.407 e. The molecule has 178 valence electrons. The molecule has 0 unspecified atom stereocenters. The van der Waals surface area contributed by atoms with Crippen molar-refractivity contribution in [1.82, 2.24) is 10.1 Å². The van der Waals surface area contributed by atoms with Crippen molar-refractivity contribution in [2.75, 3.05) is 13.1 Å². The average molecular weight is 528 g/mol. The second-order valence-corrected chi connectivity index (χ2v) is 9.71. The first-order chi connectivity index (χ1) is 16.2. The fraction of sp³-hybridized carbons (Fsp3) is 0.304. The van der Waals surface area contributed by atoms with Crippen molar-refractivity contribution in [2.24, 2.45) is 0 Å². The minimum atomic E-state index is -1.34. The van der Waals surface area contributed by atoms with Gasteiger partial charge in [0.15, 0.2) is 0 Å². The zero-order chi connectivity index (χ0) is 24.2. The number of ether oxygens (including phenoxy) is 1. The number of likely N-dealkylation sites (tertiary alicyclic amines) is 1. The van der Waals surface area contributed by atoms with Gasteiger partial charge in [0, 0.05) is 17.0 Å². The van der Waals surface area contributed by atoms with Gasteiger partial charge in [0.2, 0.25) is 0 Å². The second kappa shape index (κ2) is 8.61. The number of rotatable bonds is 6. The Labute approximate surface area is 208 Å². The topological polar surface area (TPSA) is 96.0 Å². The molecule has 11 heteroatoms. The molecular weight excluding hydrogens is 510 g/mol. The highest BCUT2D eigenvalue weighted by atomic mass is 35.5. The molecule has 34 heavy (non-hydrogen) atoms. The van der Waals surface area contributed by atoms with E-state index in [9.17, 15) is 14.3 Å². The van der Waals surface area contributed by atoms with Crippen molar-refractivity contribution in [3.8, 4) is 17.0 Å². The van der Waals surface area contributed by atoms with Crippen LogP contribution < -0.4 is 4.74 Å². The predicted octanol–water partition coefficient (Wildman–Crippen LogP) is 6.08. The van der Waals surface area contributed by atoms with Gasteiger partial charge in [0.05, 0.1) is 33.7 Å². The second-order valence-electron chi connectivity index (χ2n) is 8.49. The lowest BCUT2D eigenvalue weighted by Gasteiger charge is -2.45. The lowest BCUT2D eigenvalue weighted by atomic mass is 9.86. The number of amides is 1. The quantitative estimate of drug-likeness (QED) is 0.403. The Morgan fingerprint density at radius 2 is 1.85 bits per heavy atom. The van der Waals surface area contributed by atoms with Crippen LogP contribution in [0.4, 0.5) is 9.18 Å². The van der Waals surface area contributed by atoms with Crippen molar-refractivity contribution in [2.45, 2.75) is 31.0 Å². The summed E-state index contributed by atoms with van der Waals surface area (Å²) in [7, 11) is 0. The molecule has 2 heterocycles. The SMILES string of the molecule is O=C(O)N1CC(O)(c2ccc(OCc3c(-c4c(Cl)cc(F)cc4Cl)noc3C3CC3)cc2Cl)C1. The Balaban J connectivity index is 1.39. The van der Waals surface area contributed by atoms with Gasteiger partial charge < -0.3 is 24.4 Å². The number of carbonyl (C=O) groups is 1. The molecule has 7 nitrogen and oxygen atoms in total. The van der Waals surface area contributed by atoms with Crippen molar-refractivity contribution in [3.63, 3.8) is 0 Å². The summed E-state index contributed by atoms with van der Waals surface area (Å²) < 4.78 is 25.2. The van der Waals surface area contributed by atoms with E-state index in [-0.39, 0.29) is 40.7 Å². The lowest BCUT2D eigenvalue weighted by molar-refractivity contribution is -0.0897. The van der Waals surface area contributed by atoms with Gasteiger partial charge in [0.25, 0.3) is 0 Å². The molecule has 2 N–H and O–H groups in total. The molecule has 2 fully saturated rings. The molecular formula is C23H18Cl3FN2O5. The van der Waals surface area contributed by atoms with E-state index in [2.05, 4.69) is 5.16 Å². The Morgan fingerprint density at radius 3 is 2.44 bits per heavy atom. The number of hydrogen-bond acceptors (Lipinski definition) is 5. The molecule has 1 aromatic heterocycles. The molecule has 2 aromatic carbocycles. The van der Waals surface area contributed by atoms with Gasteiger partial charge in [-0.25, -0.2) is 9.18 Å². The van der Waals surface area contributed by atoms with Crippen LogP contribution in [0.1, 0.15) is 35.6 Å². The Morgan fingerprint density at radius 1 is 1.18 bits per heavy atom. The Bertz CT molecular complexity index is 1260. The Hall–Kier alpha value is -2.52. The van der Waals surface area contributed by atoms with E-state index in [0.29, 0.717) is 33.9 Å². The van der Waals surface area contributed by atoms with E-state index in [0.717, 1.165) is 29.9 Å². The summed E-state index contributed by atoms with van der Waals surface area (Å²) in [5, 5.41) is 24.3. The van der Waals surface area contributed by atoms with E-state index in [4.69, 9.17) is 49.2 Å². The van der Waals surface area contributed by atoms with Gasteiger partial charge in [-0.3, -0.25) is 0 Å². The fourth-order valence-corrected chi connectivity index (χ4v) is 5.09. The number of halogens is 4. The number of carboxylic acid groups (broad SMARTS) is 1. The van der Waals surface area contributed by atoms with Crippen LogP contribution in [0, 0.1) is 5.82 Å². The maximum absolute atomic E-state index is 13.7. The van der Waals surface area contributed by atoms with E-state index in [1.54, 1.807) is 18.2 Å². The van der Waals surface area contributed by atoms with Gasteiger partial charge in [-0.1, -0.05) is 46.0 Å². The van der Waals surface area contributed by atoms with Crippen LogP contribution in [0.5, 0.6) is 5.75 Å². The summed E-state index contributed by atoms with van der Waals surface area (Å²) in [5.74, 6) is 0.759. The van der Waals surface area contributed by atoms with E-state index in [1.165, 1.54) is 0 Å². The summed E-state index contributed by atoms with van der Waals surface area (Å²) in [6.45, 7) is -0.0477. The molecule has 5 rings (SSSR count). The van der Waals surface area contributed by atoms with Crippen LogP contribution in [0.3, 0.4) is 0 Å². The van der Waals surface area contributed by atoms with Gasteiger partial charge in [-0.05, 0) is 37.1 Å². The summed E-state index contributed by atoms with van der Waals surface area (Å²) in [5.41, 5.74) is 0.492. The first kappa shape index (κ1) is 23.2. The normalized spacial score (nSPS) is 16.9. The molecule has 1 saturated carbocycles. The van der Waals surface area contributed by atoms with Crippen LogP contribution in [0.25, 0.3) is 11.3 Å². The predicted molar refractivity (Wildman–Crippen MR) is 123 cm³/mol. The van der Waals surface area contributed by atoms with Crippen molar-refractivity contribution in [3.05, 3.63) is 68.1 Å². The third kappa shape index (κ3) is 4.20. The summed E-state index contributed by atoms with van der Waals surface area (Å²) in [6, 6.07) is 7.13. The van der Waals surface area contributed by atoms with Gasteiger partial charge in [-0.15, -0.1) is 0 Å². The maximum Gasteiger partial charge on any atom is 0.407 e. The molecule has 0 bridgehead atoms. The van der Waals surface area contributed by atoms with E-state index in [1.807, 2.05) is 0 Å². The summed E-state index contributed by atoms with van der Waals surface area (Å²) in [4.78, 5) is 12.1. The average Bonchev–Trinajstić information content (AvgIpc) is 3.50. The zero-order valence-electron chi connectivity index (χ0n) is 17.5. The largest absolute Gasteiger partial charge is 0.489 e. The third-order valence-electron chi connectivity index (χ3n) is 6.01. The van der Waals surface area contributed by atoms with Gasteiger partial charge >= 0.3 is 6.09 Å². The minimum Gasteiger partial charge on any atom is -0.489 e. The van der Waals surface area contributed by atoms with Gasteiger partial charge in [0.1, 0.15) is 35.2 Å². The highest BCUT2D eigenvalue weighted by Gasteiger charge is 2.46. The standard InChI is InChI=1S/C23H18Cl3FN2O5/c24-16-7-13(3-4-15(16)23(32)9-29(10-23)22(30)31)33-8-14-20(28-34-21(14)11-1-2-11)19-17(25)5-12(27)6-18(19)26/h3-7,11,32H,1-2,8-10H2,(H,30,31). The Kier molecular flexibility index (Phi) is 5.88.